The van der Waals surface area contributed by atoms with E-state index in [1.165, 1.54) is 14.0 Å². The third-order valence-corrected chi connectivity index (χ3v) is 6.72. The van der Waals surface area contributed by atoms with Crippen LogP contribution in [0.2, 0.25) is 5.02 Å². The van der Waals surface area contributed by atoms with Crippen LogP contribution in [-0.2, 0) is 16.0 Å². The van der Waals surface area contributed by atoms with Crippen LogP contribution >= 0.6 is 11.6 Å². The third-order valence-electron chi connectivity index (χ3n) is 6.48. The number of nitrogens with one attached hydrogen (secondary N) is 2. The standard InChI is InChI=1S/C30H29ClF2N4O6/c1-17(19-4-7-25(8-5-19)42-18(2)38)35-30(40)37-16-28(36-43-26-13-23(32)12-24(33)14-26)34-15-21(29(37)39)10-20-11-22(31)6-9-27(20)41-3/h4-9,11-14,17,21H,10,15-16H2,1-3H3,(H,34,36)(H,35,40)/t17-,21-/m1/s1. The normalized spacial score (nSPS) is 15.6. The first kappa shape index (κ1) is 31.2. The summed E-state index contributed by atoms with van der Waals surface area (Å²) in [5.41, 5.74) is 3.85. The highest BCUT2D eigenvalue weighted by atomic mass is 35.5. The van der Waals surface area contributed by atoms with Crippen LogP contribution in [0.25, 0.3) is 0 Å². The summed E-state index contributed by atoms with van der Waals surface area (Å²) in [5, 5.41) is 3.25. The van der Waals surface area contributed by atoms with E-state index < -0.39 is 41.5 Å². The van der Waals surface area contributed by atoms with E-state index in [-0.39, 0.29) is 31.1 Å². The van der Waals surface area contributed by atoms with Crippen molar-refractivity contribution >= 4 is 35.3 Å². The predicted molar refractivity (Wildman–Crippen MR) is 154 cm³/mol. The lowest BCUT2D eigenvalue weighted by atomic mass is 9.97. The van der Waals surface area contributed by atoms with Crippen LogP contribution in [0.15, 0.2) is 65.7 Å². The number of methoxy groups -OCH3 is 1. The van der Waals surface area contributed by atoms with Crippen LogP contribution in [0.5, 0.6) is 17.2 Å². The second kappa shape index (κ2) is 14.0. The zero-order valence-electron chi connectivity index (χ0n) is 23.5. The number of urea groups is 1. The molecule has 3 aromatic carbocycles. The molecule has 4 rings (SSSR count). The molecular formula is C30H29ClF2N4O6. The number of aliphatic imine (C=N–C) groups is 1. The number of hydroxylamine groups is 1. The van der Waals surface area contributed by atoms with E-state index in [4.69, 9.17) is 25.9 Å². The van der Waals surface area contributed by atoms with Gasteiger partial charge in [0.05, 0.1) is 32.2 Å². The number of carbonyl (C=O) groups excluding carboxylic acids is 3. The Balaban J connectivity index is 1.56. The van der Waals surface area contributed by atoms with E-state index in [2.05, 4.69) is 15.8 Å². The lowest BCUT2D eigenvalue weighted by molar-refractivity contribution is -0.132. The molecule has 13 heteroatoms. The van der Waals surface area contributed by atoms with Gasteiger partial charge in [0.15, 0.2) is 11.6 Å². The summed E-state index contributed by atoms with van der Waals surface area (Å²) < 4.78 is 37.7. The number of halogens is 3. The SMILES string of the molecule is COc1ccc(Cl)cc1C[C@@H]1CN=C(NOc2cc(F)cc(F)c2)CN(C(=O)N[C@H](C)c2ccc(OC(C)=O)cc2)C1=O. The van der Waals surface area contributed by atoms with Crippen LogP contribution < -0.4 is 25.1 Å². The summed E-state index contributed by atoms with van der Waals surface area (Å²) in [4.78, 5) is 49.2. The highest BCUT2D eigenvalue weighted by Crippen LogP contribution is 2.27. The van der Waals surface area contributed by atoms with E-state index in [0.29, 0.717) is 33.7 Å². The lowest BCUT2D eigenvalue weighted by Gasteiger charge is -2.25. The van der Waals surface area contributed by atoms with Gasteiger partial charge in [-0.1, -0.05) is 23.7 Å². The topological polar surface area (TPSA) is 119 Å². The fourth-order valence-electron chi connectivity index (χ4n) is 4.40. The molecule has 2 N–H and O–H groups in total. The minimum absolute atomic E-state index is 0.0331. The quantitative estimate of drug-likeness (QED) is 0.208. The van der Waals surface area contributed by atoms with E-state index in [1.807, 2.05) is 0 Å². The van der Waals surface area contributed by atoms with Gasteiger partial charge in [0, 0.05) is 30.1 Å². The Morgan fingerprint density at radius 1 is 1.07 bits per heavy atom. The molecule has 0 aromatic heterocycles. The molecule has 0 aliphatic carbocycles. The third kappa shape index (κ3) is 8.41. The number of nitrogens with zero attached hydrogens (tertiary/aromatic N) is 2. The van der Waals surface area contributed by atoms with Gasteiger partial charge in [-0.3, -0.25) is 19.5 Å². The fraction of sp³-hybridized carbons (Fsp3) is 0.267. The average molecular weight is 615 g/mol. The van der Waals surface area contributed by atoms with Gasteiger partial charge in [-0.15, -0.1) is 0 Å². The second-order valence-electron chi connectivity index (χ2n) is 9.71. The zero-order chi connectivity index (χ0) is 31.1. The summed E-state index contributed by atoms with van der Waals surface area (Å²) in [6.45, 7) is 2.67. The Labute approximate surface area is 251 Å². The number of rotatable bonds is 8. The van der Waals surface area contributed by atoms with Crippen molar-refractivity contribution in [2.24, 2.45) is 10.9 Å². The Kier molecular flexibility index (Phi) is 10.1. The molecule has 0 radical (unpaired) electrons. The number of esters is 1. The minimum Gasteiger partial charge on any atom is -0.496 e. The highest BCUT2D eigenvalue weighted by Gasteiger charge is 2.34. The van der Waals surface area contributed by atoms with Crippen LogP contribution in [0.1, 0.15) is 31.0 Å². The lowest BCUT2D eigenvalue weighted by Crippen LogP contribution is -2.50. The Bertz CT molecular complexity index is 1520. The molecule has 3 aromatic rings. The summed E-state index contributed by atoms with van der Waals surface area (Å²) in [7, 11) is 1.49. The smallest absolute Gasteiger partial charge is 0.325 e. The number of carbonyl (C=O) groups is 3. The Morgan fingerprint density at radius 2 is 1.77 bits per heavy atom. The minimum atomic E-state index is -0.846. The van der Waals surface area contributed by atoms with Crippen LogP contribution in [0.4, 0.5) is 13.6 Å². The largest absolute Gasteiger partial charge is 0.496 e. The van der Waals surface area contributed by atoms with Gasteiger partial charge in [-0.2, -0.15) is 0 Å². The summed E-state index contributed by atoms with van der Waals surface area (Å²) in [5.74, 6) is -2.69. The molecule has 0 saturated carbocycles. The summed E-state index contributed by atoms with van der Waals surface area (Å²) in [6.07, 6.45) is 0.159. The molecule has 0 fully saturated rings. The number of hydrogen-bond donors (Lipinski definition) is 2. The number of amidine groups is 1. The molecular weight excluding hydrogens is 586 g/mol. The van der Waals surface area contributed by atoms with E-state index in [9.17, 15) is 23.2 Å². The van der Waals surface area contributed by atoms with Gasteiger partial charge in [0.25, 0.3) is 0 Å². The predicted octanol–water partition coefficient (Wildman–Crippen LogP) is 5.01. The van der Waals surface area contributed by atoms with Crippen molar-refractivity contribution in [2.75, 3.05) is 20.2 Å². The summed E-state index contributed by atoms with van der Waals surface area (Å²) in [6, 6.07) is 12.9. The van der Waals surface area contributed by atoms with Gasteiger partial charge in [-0.05, 0) is 54.8 Å². The molecule has 10 nitrogen and oxygen atoms in total. The zero-order valence-corrected chi connectivity index (χ0v) is 24.3. The number of benzene rings is 3. The number of imide groups is 1. The van der Waals surface area contributed by atoms with Gasteiger partial charge >= 0.3 is 12.0 Å². The van der Waals surface area contributed by atoms with Crippen molar-refractivity contribution in [3.05, 3.63) is 88.4 Å². The first-order chi connectivity index (χ1) is 20.5. The van der Waals surface area contributed by atoms with Crippen molar-refractivity contribution in [2.45, 2.75) is 26.3 Å². The molecule has 1 aliphatic rings. The molecule has 0 bridgehead atoms. The Hall–Kier alpha value is -4.71. The van der Waals surface area contributed by atoms with Crippen LogP contribution in [-0.4, -0.2) is 48.8 Å². The molecule has 0 unspecified atom stereocenters. The van der Waals surface area contributed by atoms with Crippen molar-refractivity contribution < 1.29 is 37.5 Å². The fourth-order valence-corrected chi connectivity index (χ4v) is 4.59. The molecule has 1 heterocycles. The maximum absolute atomic E-state index is 13.8. The molecule has 1 aliphatic heterocycles. The van der Waals surface area contributed by atoms with Crippen molar-refractivity contribution in [1.29, 1.82) is 0 Å². The van der Waals surface area contributed by atoms with Crippen LogP contribution in [0, 0.1) is 17.6 Å². The molecule has 3 amide bonds. The maximum Gasteiger partial charge on any atom is 0.325 e. The average Bonchev–Trinajstić information content (AvgIpc) is 3.10. The van der Waals surface area contributed by atoms with Crippen LogP contribution in [0.3, 0.4) is 0 Å². The molecule has 226 valence electrons. The number of ether oxygens (including phenoxy) is 2. The Morgan fingerprint density at radius 3 is 2.42 bits per heavy atom. The maximum atomic E-state index is 13.8. The van der Waals surface area contributed by atoms with Crippen molar-refractivity contribution in [3.63, 3.8) is 0 Å². The molecule has 2 atom stereocenters. The van der Waals surface area contributed by atoms with Gasteiger partial charge in [-0.25, -0.2) is 19.1 Å². The van der Waals surface area contributed by atoms with E-state index in [0.717, 1.165) is 17.0 Å². The van der Waals surface area contributed by atoms with E-state index >= 15 is 0 Å². The van der Waals surface area contributed by atoms with Gasteiger partial charge < -0.3 is 19.6 Å². The first-order valence-electron chi connectivity index (χ1n) is 13.2. The number of amides is 3. The first-order valence-corrected chi connectivity index (χ1v) is 13.5. The number of hydrogen-bond acceptors (Lipinski definition) is 8. The summed E-state index contributed by atoms with van der Waals surface area (Å²) >= 11 is 6.19. The second-order valence-corrected chi connectivity index (χ2v) is 10.1. The van der Waals surface area contributed by atoms with E-state index in [1.54, 1.807) is 49.4 Å². The van der Waals surface area contributed by atoms with Gasteiger partial charge in [0.1, 0.15) is 23.1 Å². The molecule has 43 heavy (non-hydrogen) atoms. The molecule has 0 saturated heterocycles. The highest BCUT2D eigenvalue weighted by molar-refractivity contribution is 6.30. The molecule has 0 spiro atoms. The van der Waals surface area contributed by atoms with Crippen molar-refractivity contribution in [3.8, 4) is 17.2 Å². The monoisotopic (exact) mass is 614 g/mol. The van der Waals surface area contributed by atoms with Crippen molar-refractivity contribution in [1.82, 2.24) is 15.7 Å². The van der Waals surface area contributed by atoms with Gasteiger partial charge in [0.2, 0.25) is 5.91 Å².